The van der Waals surface area contributed by atoms with Gasteiger partial charge in [0.05, 0.1) is 16.4 Å². The highest BCUT2D eigenvalue weighted by molar-refractivity contribution is 5.99. The largest absolute Gasteiger partial charge is 0.391 e. The predicted octanol–water partition coefficient (Wildman–Crippen LogP) is 2.96. The second-order valence-corrected chi connectivity index (χ2v) is 6.07. The number of aromatic nitrogens is 1. The fourth-order valence-electron chi connectivity index (χ4n) is 2.00. The van der Waals surface area contributed by atoms with E-state index in [0.717, 1.165) is 11.1 Å². The van der Waals surface area contributed by atoms with Gasteiger partial charge in [0, 0.05) is 36.1 Å². The molecule has 0 saturated carbocycles. The molecule has 1 aromatic heterocycles. The maximum atomic E-state index is 11.0. The van der Waals surface area contributed by atoms with E-state index in [-0.39, 0.29) is 11.1 Å². The fraction of sp³-hybridized carbons (Fsp3) is 0.400. The van der Waals surface area contributed by atoms with Crippen LogP contribution in [-0.2, 0) is 0 Å². The summed E-state index contributed by atoms with van der Waals surface area (Å²) < 4.78 is 0. The molecule has 0 amide bonds. The average molecular weight is 289 g/mol. The number of non-ortho nitro benzene ring substituents is 1. The van der Waals surface area contributed by atoms with Crippen molar-refractivity contribution in [2.24, 2.45) is 5.41 Å². The summed E-state index contributed by atoms with van der Waals surface area (Å²) in [6.07, 6.45) is 2.56. The van der Waals surface area contributed by atoms with Crippen molar-refractivity contribution in [3.63, 3.8) is 0 Å². The molecule has 2 N–H and O–H groups in total. The third kappa shape index (κ3) is 3.28. The monoisotopic (exact) mass is 289 g/mol. The van der Waals surface area contributed by atoms with Crippen LogP contribution in [0.2, 0.25) is 0 Å². The lowest BCUT2D eigenvalue weighted by Crippen LogP contribution is -2.32. The normalized spacial score (nSPS) is 13.1. The van der Waals surface area contributed by atoms with Gasteiger partial charge in [0.25, 0.3) is 5.69 Å². The highest BCUT2D eigenvalue weighted by Crippen LogP contribution is 2.31. The highest BCUT2D eigenvalue weighted by atomic mass is 16.6. The van der Waals surface area contributed by atoms with Crippen molar-refractivity contribution < 1.29 is 10.0 Å². The number of anilines is 1. The average Bonchev–Trinajstić information content (AvgIpc) is 2.42. The minimum absolute atomic E-state index is 0.0278. The van der Waals surface area contributed by atoms with E-state index in [0.29, 0.717) is 11.9 Å². The van der Waals surface area contributed by atoms with Crippen LogP contribution in [0.4, 0.5) is 11.4 Å². The van der Waals surface area contributed by atoms with Crippen LogP contribution in [0.5, 0.6) is 0 Å². The zero-order chi connectivity index (χ0) is 15.6. The summed E-state index contributed by atoms with van der Waals surface area (Å²) in [5.41, 5.74) is 0.548. The van der Waals surface area contributed by atoms with Crippen molar-refractivity contribution in [2.45, 2.75) is 26.9 Å². The van der Waals surface area contributed by atoms with Crippen molar-refractivity contribution in [3.05, 3.63) is 40.7 Å². The molecular weight excluding hydrogens is 270 g/mol. The molecule has 2 aromatic rings. The lowest BCUT2D eigenvalue weighted by molar-refractivity contribution is -0.383. The number of hydrogen-bond acceptors (Lipinski definition) is 5. The minimum Gasteiger partial charge on any atom is -0.391 e. The Balaban J connectivity index is 2.34. The molecule has 0 bridgehead atoms. The molecule has 0 aliphatic heterocycles. The minimum atomic E-state index is -0.524. The summed E-state index contributed by atoms with van der Waals surface area (Å²) in [5, 5.41) is 25.5. The summed E-state index contributed by atoms with van der Waals surface area (Å²) in [6.45, 7) is 6.24. The molecule has 0 spiro atoms. The van der Waals surface area contributed by atoms with Crippen molar-refractivity contribution in [2.75, 3.05) is 11.9 Å². The molecule has 21 heavy (non-hydrogen) atoms. The zero-order valence-corrected chi connectivity index (χ0v) is 12.3. The van der Waals surface area contributed by atoms with Crippen molar-refractivity contribution in [1.29, 1.82) is 0 Å². The molecule has 0 aliphatic carbocycles. The van der Waals surface area contributed by atoms with Crippen LogP contribution in [0, 0.1) is 15.5 Å². The van der Waals surface area contributed by atoms with E-state index in [1.807, 2.05) is 20.8 Å². The van der Waals surface area contributed by atoms with Crippen LogP contribution in [0.25, 0.3) is 10.8 Å². The molecule has 6 heteroatoms. The van der Waals surface area contributed by atoms with Crippen molar-refractivity contribution in [3.8, 4) is 0 Å². The van der Waals surface area contributed by atoms with Crippen molar-refractivity contribution in [1.82, 2.24) is 4.98 Å². The Hall–Kier alpha value is -2.21. The van der Waals surface area contributed by atoms with Gasteiger partial charge < -0.3 is 10.4 Å². The maximum Gasteiger partial charge on any atom is 0.278 e. The van der Waals surface area contributed by atoms with E-state index in [9.17, 15) is 15.2 Å². The molecule has 112 valence electrons. The molecular formula is C15H19N3O3. The summed E-state index contributed by atoms with van der Waals surface area (Å²) in [7, 11) is 0. The van der Waals surface area contributed by atoms with Gasteiger partial charge in [-0.3, -0.25) is 15.1 Å². The maximum absolute atomic E-state index is 11.0. The van der Waals surface area contributed by atoms with E-state index in [4.69, 9.17) is 0 Å². The lowest BCUT2D eigenvalue weighted by atomic mass is 9.89. The van der Waals surface area contributed by atoms with E-state index in [1.54, 1.807) is 18.3 Å². The number of nitro benzene ring substituents is 1. The van der Waals surface area contributed by atoms with Gasteiger partial charge >= 0.3 is 0 Å². The van der Waals surface area contributed by atoms with Gasteiger partial charge in [0.15, 0.2) is 0 Å². The van der Waals surface area contributed by atoms with Gasteiger partial charge in [-0.15, -0.1) is 0 Å². The lowest BCUT2D eigenvalue weighted by Gasteiger charge is -2.26. The third-order valence-corrected chi connectivity index (χ3v) is 3.48. The first-order valence-corrected chi connectivity index (χ1v) is 6.74. The topological polar surface area (TPSA) is 88.3 Å². The predicted molar refractivity (Wildman–Crippen MR) is 82.3 cm³/mol. The number of pyridine rings is 1. The standard InChI is InChI=1S/C15H19N3O3/c1-15(2,3)14(19)9-17-12-4-5-13(18(20)21)11-8-16-7-6-10(11)12/h4-8,14,17,19H,9H2,1-3H3/t14-/m0/s1. The van der Waals surface area contributed by atoms with Crippen LogP contribution in [0.1, 0.15) is 20.8 Å². The smallest absolute Gasteiger partial charge is 0.278 e. The number of benzene rings is 1. The van der Waals surface area contributed by atoms with Gasteiger partial charge in [-0.25, -0.2) is 0 Å². The van der Waals surface area contributed by atoms with Crippen LogP contribution >= 0.6 is 0 Å². The molecule has 0 fully saturated rings. The summed E-state index contributed by atoms with van der Waals surface area (Å²) >= 11 is 0. The molecule has 2 rings (SSSR count). The Morgan fingerprint density at radius 2 is 2.05 bits per heavy atom. The van der Waals surface area contributed by atoms with E-state index in [1.165, 1.54) is 12.3 Å². The van der Waals surface area contributed by atoms with E-state index in [2.05, 4.69) is 10.3 Å². The van der Waals surface area contributed by atoms with Crippen molar-refractivity contribution >= 4 is 22.1 Å². The number of nitrogens with zero attached hydrogens (tertiary/aromatic N) is 2. The first-order chi connectivity index (χ1) is 9.80. The first kappa shape index (κ1) is 15.2. The molecule has 1 atom stereocenters. The fourth-order valence-corrected chi connectivity index (χ4v) is 2.00. The number of nitrogens with one attached hydrogen (secondary N) is 1. The second kappa shape index (κ2) is 5.65. The van der Waals surface area contributed by atoms with Gasteiger partial charge in [-0.1, -0.05) is 20.8 Å². The molecule has 0 unspecified atom stereocenters. The number of aliphatic hydroxyl groups excluding tert-OH is 1. The van der Waals surface area contributed by atoms with Gasteiger partial charge in [-0.2, -0.15) is 0 Å². The molecule has 0 radical (unpaired) electrons. The molecule has 0 saturated heterocycles. The highest BCUT2D eigenvalue weighted by Gasteiger charge is 2.22. The van der Waals surface area contributed by atoms with E-state index < -0.39 is 11.0 Å². The van der Waals surface area contributed by atoms with Gasteiger partial charge in [0.1, 0.15) is 0 Å². The summed E-state index contributed by atoms with van der Waals surface area (Å²) in [6, 6.07) is 4.85. The number of fused-ring (bicyclic) bond motifs is 1. The number of hydrogen-bond donors (Lipinski definition) is 2. The number of rotatable bonds is 4. The molecule has 6 nitrogen and oxygen atoms in total. The number of nitro groups is 1. The summed E-state index contributed by atoms with van der Waals surface area (Å²) in [4.78, 5) is 14.6. The number of aliphatic hydroxyl groups is 1. The Labute approximate surface area is 123 Å². The quantitative estimate of drug-likeness (QED) is 0.667. The van der Waals surface area contributed by atoms with Crippen LogP contribution in [0.3, 0.4) is 0 Å². The van der Waals surface area contributed by atoms with Gasteiger partial charge in [0.2, 0.25) is 0 Å². The third-order valence-electron chi connectivity index (χ3n) is 3.48. The summed E-state index contributed by atoms with van der Waals surface area (Å²) in [5.74, 6) is 0. The second-order valence-electron chi connectivity index (χ2n) is 6.07. The molecule has 1 aromatic carbocycles. The van der Waals surface area contributed by atoms with E-state index >= 15 is 0 Å². The van der Waals surface area contributed by atoms with Crippen LogP contribution < -0.4 is 5.32 Å². The SMILES string of the molecule is CC(C)(C)[C@@H](O)CNc1ccc([N+](=O)[O-])c2cnccc12. The Bertz CT molecular complexity index is 665. The molecule has 0 aliphatic rings. The van der Waals surface area contributed by atoms with Gasteiger partial charge in [-0.05, 0) is 17.5 Å². The van der Waals surface area contributed by atoms with Crippen LogP contribution in [0.15, 0.2) is 30.6 Å². The Morgan fingerprint density at radius 1 is 1.33 bits per heavy atom. The zero-order valence-electron chi connectivity index (χ0n) is 12.3. The first-order valence-electron chi connectivity index (χ1n) is 6.74. The van der Waals surface area contributed by atoms with Crippen LogP contribution in [-0.4, -0.2) is 27.7 Å². The Morgan fingerprint density at radius 3 is 2.67 bits per heavy atom. The molecule has 1 heterocycles. The Kier molecular flexibility index (Phi) is 4.09.